The molecule has 2 aromatic heterocycles. The molecule has 0 aromatic carbocycles. The van der Waals surface area contributed by atoms with Crippen molar-refractivity contribution >= 4 is 0 Å². The maximum absolute atomic E-state index is 5.94. The third-order valence-corrected chi connectivity index (χ3v) is 2.83. The Balaban J connectivity index is 2.27. The van der Waals surface area contributed by atoms with Crippen LogP contribution in [0.2, 0.25) is 0 Å². The van der Waals surface area contributed by atoms with E-state index in [1.807, 2.05) is 31.2 Å². The Morgan fingerprint density at radius 2 is 2.06 bits per heavy atom. The highest BCUT2D eigenvalue weighted by atomic mass is 14.9. The van der Waals surface area contributed by atoms with Gasteiger partial charge in [0.15, 0.2) is 5.82 Å². The Morgan fingerprint density at radius 3 is 2.78 bits per heavy atom. The summed E-state index contributed by atoms with van der Waals surface area (Å²) in [5.41, 5.74) is 8.68. The number of hydrogen-bond acceptors (Lipinski definition) is 4. The fourth-order valence-electron chi connectivity index (χ4n) is 1.71. The Hall–Kier alpha value is -1.81. The van der Waals surface area contributed by atoms with Gasteiger partial charge in [-0.05, 0) is 31.5 Å². The molecular formula is C14H18N4. The van der Waals surface area contributed by atoms with Crippen molar-refractivity contribution in [3.05, 3.63) is 41.9 Å². The van der Waals surface area contributed by atoms with Gasteiger partial charge < -0.3 is 5.73 Å². The van der Waals surface area contributed by atoms with Gasteiger partial charge in [-0.2, -0.15) is 0 Å². The highest BCUT2D eigenvalue weighted by Gasteiger charge is 2.07. The van der Waals surface area contributed by atoms with Crippen molar-refractivity contribution in [3.63, 3.8) is 0 Å². The molecule has 18 heavy (non-hydrogen) atoms. The maximum atomic E-state index is 5.94. The van der Waals surface area contributed by atoms with Gasteiger partial charge in [0.05, 0.1) is 0 Å². The summed E-state index contributed by atoms with van der Waals surface area (Å²) < 4.78 is 0. The minimum absolute atomic E-state index is 0.151. The third kappa shape index (κ3) is 3.11. The predicted molar refractivity (Wildman–Crippen MR) is 72.0 cm³/mol. The Bertz CT molecular complexity index is 525. The van der Waals surface area contributed by atoms with Gasteiger partial charge in [-0.1, -0.05) is 13.0 Å². The molecule has 0 spiro atoms. The molecule has 0 saturated carbocycles. The Morgan fingerprint density at radius 1 is 1.22 bits per heavy atom. The van der Waals surface area contributed by atoms with Crippen LogP contribution >= 0.6 is 0 Å². The molecule has 2 N–H and O–H groups in total. The topological polar surface area (TPSA) is 64.7 Å². The molecule has 0 fully saturated rings. The number of rotatable bonds is 4. The maximum Gasteiger partial charge on any atom is 0.178 e. The Kier molecular flexibility index (Phi) is 3.99. The summed E-state index contributed by atoms with van der Waals surface area (Å²) in [6.45, 7) is 4.04. The largest absolute Gasteiger partial charge is 0.327 e. The van der Waals surface area contributed by atoms with Gasteiger partial charge in [-0.3, -0.25) is 0 Å². The van der Waals surface area contributed by atoms with Crippen molar-refractivity contribution in [2.24, 2.45) is 5.73 Å². The lowest BCUT2D eigenvalue weighted by Crippen LogP contribution is -2.22. The second-order valence-corrected chi connectivity index (χ2v) is 4.41. The first-order chi connectivity index (χ1) is 8.69. The molecule has 0 amide bonds. The van der Waals surface area contributed by atoms with Gasteiger partial charge in [0.25, 0.3) is 0 Å². The van der Waals surface area contributed by atoms with E-state index in [2.05, 4.69) is 21.9 Å². The minimum Gasteiger partial charge on any atom is -0.327 e. The van der Waals surface area contributed by atoms with Crippen molar-refractivity contribution < 1.29 is 0 Å². The molecule has 0 aliphatic heterocycles. The van der Waals surface area contributed by atoms with E-state index in [4.69, 9.17) is 5.73 Å². The van der Waals surface area contributed by atoms with Crippen LogP contribution in [0.15, 0.2) is 30.5 Å². The molecule has 0 bridgehead atoms. The molecule has 1 unspecified atom stereocenters. The van der Waals surface area contributed by atoms with Gasteiger partial charge in [0.2, 0.25) is 0 Å². The first-order valence-electron chi connectivity index (χ1n) is 6.20. The van der Waals surface area contributed by atoms with Crippen LogP contribution in [0, 0.1) is 6.92 Å². The molecule has 0 aliphatic carbocycles. The molecule has 94 valence electrons. The normalized spacial score (nSPS) is 12.4. The van der Waals surface area contributed by atoms with Crippen LogP contribution in [0.3, 0.4) is 0 Å². The lowest BCUT2D eigenvalue weighted by Gasteiger charge is -2.08. The van der Waals surface area contributed by atoms with Crippen LogP contribution in [0.4, 0.5) is 0 Å². The van der Waals surface area contributed by atoms with E-state index in [1.165, 1.54) is 0 Å². The third-order valence-electron chi connectivity index (χ3n) is 2.83. The molecule has 0 saturated heterocycles. The monoisotopic (exact) mass is 242 g/mol. The van der Waals surface area contributed by atoms with Gasteiger partial charge in [0, 0.05) is 30.0 Å². The van der Waals surface area contributed by atoms with Gasteiger partial charge in [-0.25, -0.2) is 15.0 Å². The zero-order valence-electron chi connectivity index (χ0n) is 10.8. The van der Waals surface area contributed by atoms with Gasteiger partial charge in [0.1, 0.15) is 5.69 Å². The second-order valence-electron chi connectivity index (χ2n) is 4.41. The first kappa shape index (κ1) is 12.6. The molecule has 4 heteroatoms. The number of aromatic nitrogens is 3. The summed E-state index contributed by atoms with van der Waals surface area (Å²) in [4.78, 5) is 13.2. The minimum atomic E-state index is 0.151. The van der Waals surface area contributed by atoms with Crippen LogP contribution in [0.5, 0.6) is 0 Å². The van der Waals surface area contributed by atoms with E-state index >= 15 is 0 Å². The highest BCUT2D eigenvalue weighted by molar-refractivity contribution is 5.48. The number of aryl methyl sites for hydroxylation is 1. The summed E-state index contributed by atoms with van der Waals surface area (Å²) in [5.74, 6) is 0.666. The van der Waals surface area contributed by atoms with Crippen LogP contribution in [-0.2, 0) is 6.42 Å². The standard InChI is InChI=1S/C14H18N4/c1-3-11(15)9-12-7-8-16-14(18-12)13-6-4-5-10(2)17-13/h4-8,11H,3,9,15H2,1-2H3. The van der Waals surface area contributed by atoms with E-state index in [9.17, 15) is 0 Å². The Labute approximate surface area is 107 Å². The second kappa shape index (κ2) is 5.69. The van der Waals surface area contributed by atoms with Crippen LogP contribution in [0.1, 0.15) is 24.7 Å². The number of pyridine rings is 1. The van der Waals surface area contributed by atoms with E-state index < -0.39 is 0 Å². The van der Waals surface area contributed by atoms with Crippen LogP contribution < -0.4 is 5.73 Å². The summed E-state index contributed by atoms with van der Waals surface area (Å²) in [5, 5.41) is 0. The van der Waals surface area contributed by atoms with Crippen LogP contribution in [-0.4, -0.2) is 21.0 Å². The summed E-state index contributed by atoms with van der Waals surface area (Å²) in [7, 11) is 0. The van der Waals surface area contributed by atoms with E-state index in [1.54, 1.807) is 6.20 Å². The number of nitrogens with zero attached hydrogens (tertiary/aromatic N) is 3. The fraction of sp³-hybridized carbons (Fsp3) is 0.357. The van der Waals surface area contributed by atoms with Crippen molar-refractivity contribution in [2.75, 3.05) is 0 Å². The van der Waals surface area contributed by atoms with Crippen molar-refractivity contribution in [3.8, 4) is 11.5 Å². The van der Waals surface area contributed by atoms with Gasteiger partial charge in [-0.15, -0.1) is 0 Å². The SMILES string of the molecule is CCC(N)Cc1ccnc(-c2cccc(C)n2)n1. The lowest BCUT2D eigenvalue weighted by atomic mass is 10.1. The van der Waals surface area contributed by atoms with E-state index in [0.29, 0.717) is 5.82 Å². The van der Waals surface area contributed by atoms with E-state index in [0.717, 1.165) is 29.9 Å². The van der Waals surface area contributed by atoms with Gasteiger partial charge >= 0.3 is 0 Å². The fourth-order valence-corrected chi connectivity index (χ4v) is 1.71. The summed E-state index contributed by atoms with van der Waals surface area (Å²) in [6.07, 6.45) is 3.49. The summed E-state index contributed by atoms with van der Waals surface area (Å²) in [6, 6.07) is 7.91. The molecular weight excluding hydrogens is 224 g/mol. The predicted octanol–water partition coefficient (Wildman–Crippen LogP) is 2.13. The van der Waals surface area contributed by atoms with Crippen molar-refractivity contribution in [1.82, 2.24) is 15.0 Å². The number of hydrogen-bond donors (Lipinski definition) is 1. The van der Waals surface area contributed by atoms with Crippen molar-refractivity contribution in [1.29, 1.82) is 0 Å². The molecule has 4 nitrogen and oxygen atoms in total. The molecule has 2 rings (SSSR count). The molecule has 2 aromatic rings. The number of nitrogens with two attached hydrogens (primary N) is 1. The lowest BCUT2D eigenvalue weighted by molar-refractivity contribution is 0.636. The van der Waals surface area contributed by atoms with Crippen LogP contribution in [0.25, 0.3) is 11.5 Å². The smallest absolute Gasteiger partial charge is 0.178 e. The zero-order valence-corrected chi connectivity index (χ0v) is 10.8. The average Bonchev–Trinajstić information content (AvgIpc) is 2.39. The zero-order chi connectivity index (χ0) is 13.0. The summed E-state index contributed by atoms with van der Waals surface area (Å²) >= 11 is 0. The first-order valence-corrected chi connectivity index (χ1v) is 6.20. The molecule has 1 atom stereocenters. The quantitative estimate of drug-likeness (QED) is 0.892. The average molecular weight is 242 g/mol. The molecule has 2 heterocycles. The molecule has 0 aliphatic rings. The van der Waals surface area contributed by atoms with Crippen molar-refractivity contribution in [2.45, 2.75) is 32.7 Å². The molecule has 0 radical (unpaired) electrons. The van der Waals surface area contributed by atoms with E-state index in [-0.39, 0.29) is 6.04 Å². The highest BCUT2D eigenvalue weighted by Crippen LogP contribution is 2.13.